The van der Waals surface area contributed by atoms with Gasteiger partial charge in [0.05, 0.1) is 11.4 Å². The second-order valence-electron chi connectivity index (χ2n) is 7.54. The Morgan fingerprint density at radius 1 is 1.25 bits per heavy atom. The third kappa shape index (κ3) is 3.88. The van der Waals surface area contributed by atoms with Gasteiger partial charge in [-0.05, 0) is 41.7 Å². The summed E-state index contributed by atoms with van der Waals surface area (Å²) in [4.78, 5) is 23.8. The number of carbonyl (C=O) groups excluding carboxylic acids is 2. The fraction of sp³-hybridized carbons (Fsp3) is 0.333. The number of allylic oxidation sites excluding steroid dienone is 1. The first-order chi connectivity index (χ1) is 13.5. The fourth-order valence-electron chi connectivity index (χ4n) is 3.60. The van der Waals surface area contributed by atoms with Gasteiger partial charge in [0.2, 0.25) is 11.8 Å². The SMILES string of the molecule is CC1C=Cc2nn(CC(=O)Nc3ccc(C4=NNC(=O)CC4C)cc3)cc2C1. The molecule has 2 aliphatic rings. The molecule has 7 heteroatoms. The maximum atomic E-state index is 12.4. The zero-order valence-electron chi connectivity index (χ0n) is 16.0. The van der Waals surface area contributed by atoms with Gasteiger partial charge in [-0.1, -0.05) is 32.1 Å². The van der Waals surface area contributed by atoms with Gasteiger partial charge in [-0.2, -0.15) is 10.2 Å². The van der Waals surface area contributed by atoms with E-state index in [1.165, 1.54) is 5.56 Å². The quantitative estimate of drug-likeness (QED) is 0.858. The van der Waals surface area contributed by atoms with Gasteiger partial charge in [0.1, 0.15) is 6.54 Å². The van der Waals surface area contributed by atoms with E-state index in [2.05, 4.69) is 33.9 Å². The Balaban J connectivity index is 1.39. The van der Waals surface area contributed by atoms with Gasteiger partial charge in [-0.15, -0.1) is 0 Å². The van der Waals surface area contributed by atoms with Crippen molar-refractivity contribution in [1.82, 2.24) is 15.2 Å². The van der Waals surface area contributed by atoms with Crippen LogP contribution in [0.5, 0.6) is 0 Å². The number of hydrogen-bond donors (Lipinski definition) is 2. The Hall–Kier alpha value is -3.22. The van der Waals surface area contributed by atoms with Crippen molar-refractivity contribution >= 4 is 29.3 Å². The van der Waals surface area contributed by atoms with Gasteiger partial charge in [0, 0.05) is 24.2 Å². The summed E-state index contributed by atoms with van der Waals surface area (Å²) in [6, 6.07) is 7.50. The Kier molecular flexibility index (Phi) is 4.81. The zero-order chi connectivity index (χ0) is 19.7. The van der Waals surface area contributed by atoms with Crippen LogP contribution in [0.15, 0.2) is 41.6 Å². The number of aromatic nitrogens is 2. The first kappa shape index (κ1) is 18.2. The Morgan fingerprint density at radius 2 is 2.04 bits per heavy atom. The van der Waals surface area contributed by atoms with Gasteiger partial charge in [0.25, 0.3) is 0 Å². The molecule has 1 aromatic carbocycles. The van der Waals surface area contributed by atoms with E-state index in [-0.39, 0.29) is 24.3 Å². The molecule has 0 spiro atoms. The number of benzene rings is 1. The molecule has 4 rings (SSSR count). The summed E-state index contributed by atoms with van der Waals surface area (Å²) in [6.07, 6.45) is 7.50. The van der Waals surface area contributed by atoms with E-state index in [0.29, 0.717) is 18.0 Å². The normalized spacial score (nSPS) is 20.9. The standard InChI is InChI=1S/C21H23N5O2/c1-13-3-8-18-16(9-13)11-26(25-18)12-20(28)22-17-6-4-15(5-7-17)21-14(2)10-19(27)23-24-21/h3-8,11,13-14H,9-10,12H2,1-2H3,(H,22,28)(H,23,27). The highest BCUT2D eigenvalue weighted by atomic mass is 16.2. The van der Waals surface area contributed by atoms with Crippen LogP contribution in [0.2, 0.25) is 0 Å². The lowest BCUT2D eigenvalue weighted by atomic mass is 9.94. The van der Waals surface area contributed by atoms with Gasteiger partial charge in [-0.3, -0.25) is 14.3 Å². The fourth-order valence-corrected chi connectivity index (χ4v) is 3.60. The first-order valence-electron chi connectivity index (χ1n) is 9.49. The Morgan fingerprint density at radius 3 is 2.79 bits per heavy atom. The molecule has 1 aromatic heterocycles. The summed E-state index contributed by atoms with van der Waals surface area (Å²) in [6.45, 7) is 4.32. The molecule has 0 saturated heterocycles. The van der Waals surface area contributed by atoms with Crippen LogP contribution in [0.4, 0.5) is 5.69 Å². The third-order valence-electron chi connectivity index (χ3n) is 5.02. The molecule has 2 atom stereocenters. The van der Waals surface area contributed by atoms with Crippen LogP contribution in [0, 0.1) is 11.8 Å². The van der Waals surface area contributed by atoms with Crippen LogP contribution in [0.25, 0.3) is 6.08 Å². The Bertz CT molecular complexity index is 971. The second kappa shape index (κ2) is 7.42. The van der Waals surface area contributed by atoms with E-state index < -0.39 is 0 Å². The number of carbonyl (C=O) groups is 2. The monoisotopic (exact) mass is 377 g/mol. The highest BCUT2D eigenvalue weighted by Crippen LogP contribution is 2.21. The molecule has 1 aliphatic heterocycles. The molecule has 2 heterocycles. The first-order valence-corrected chi connectivity index (χ1v) is 9.49. The summed E-state index contributed by atoms with van der Waals surface area (Å²) in [7, 11) is 0. The number of nitrogens with one attached hydrogen (secondary N) is 2. The molecule has 0 radical (unpaired) electrons. The van der Waals surface area contributed by atoms with Gasteiger partial charge in [0.15, 0.2) is 0 Å². The van der Waals surface area contributed by atoms with Crippen molar-refractivity contribution in [3.8, 4) is 0 Å². The number of rotatable bonds is 4. The highest BCUT2D eigenvalue weighted by molar-refractivity contribution is 6.06. The van der Waals surface area contributed by atoms with Crippen LogP contribution in [-0.2, 0) is 22.6 Å². The highest BCUT2D eigenvalue weighted by Gasteiger charge is 2.21. The molecule has 2 aromatic rings. The molecular formula is C21H23N5O2. The molecule has 0 saturated carbocycles. The average molecular weight is 377 g/mol. The molecule has 7 nitrogen and oxygen atoms in total. The second-order valence-corrected chi connectivity index (χ2v) is 7.54. The maximum absolute atomic E-state index is 12.4. The van der Waals surface area contributed by atoms with E-state index in [1.807, 2.05) is 43.5 Å². The maximum Gasteiger partial charge on any atom is 0.246 e. The summed E-state index contributed by atoms with van der Waals surface area (Å²) in [5, 5.41) is 11.5. The molecule has 2 unspecified atom stereocenters. The Labute approximate surface area is 163 Å². The van der Waals surface area contributed by atoms with Crippen molar-refractivity contribution < 1.29 is 9.59 Å². The van der Waals surface area contributed by atoms with Crippen molar-refractivity contribution in [3.05, 3.63) is 53.4 Å². The van der Waals surface area contributed by atoms with E-state index in [4.69, 9.17) is 0 Å². The zero-order valence-corrected chi connectivity index (χ0v) is 16.0. The van der Waals surface area contributed by atoms with Crippen LogP contribution in [0.1, 0.15) is 37.1 Å². The smallest absolute Gasteiger partial charge is 0.246 e. The predicted octanol–water partition coefficient (Wildman–Crippen LogP) is 2.59. The number of amides is 2. The van der Waals surface area contributed by atoms with Gasteiger partial charge in [-0.25, -0.2) is 5.43 Å². The lowest BCUT2D eigenvalue weighted by Gasteiger charge is -2.19. The van der Waals surface area contributed by atoms with Crippen molar-refractivity contribution in [2.24, 2.45) is 16.9 Å². The molecule has 28 heavy (non-hydrogen) atoms. The van der Waals surface area contributed by atoms with Gasteiger partial charge >= 0.3 is 0 Å². The molecular weight excluding hydrogens is 354 g/mol. The summed E-state index contributed by atoms with van der Waals surface area (Å²) < 4.78 is 1.69. The molecule has 1 aliphatic carbocycles. The lowest BCUT2D eigenvalue weighted by molar-refractivity contribution is -0.122. The van der Waals surface area contributed by atoms with Crippen LogP contribution in [0.3, 0.4) is 0 Å². The predicted molar refractivity (Wildman–Crippen MR) is 108 cm³/mol. The average Bonchev–Trinajstić information content (AvgIpc) is 3.03. The van der Waals surface area contributed by atoms with E-state index in [1.54, 1.807) is 4.68 Å². The van der Waals surface area contributed by atoms with Crippen molar-refractivity contribution in [2.45, 2.75) is 33.2 Å². The molecule has 2 amide bonds. The minimum atomic E-state index is -0.125. The molecule has 0 fully saturated rings. The van der Waals surface area contributed by atoms with Crippen molar-refractivity contribution in [3.63, 3.8) is 0 Å². The number of hydrazone groups is 1. The number of fused-ring (bicyclic) bond motifs is 1. The van der Waals surface area contributed by atoms with E-state index in [9.17, 15) is 9.59 Å². The summed E-state index contributed by atoms with van der Waals surface area (Å²) >= 11 is 0. The van der Waals surface area contributed by atoms with Crippen molar-refractivity contribution in [2.75, 3.05) is 5.32 Å². The number of anilines is 1. The topological polar surface area (TPSA) is 88.4 Å². The van der Waals surface area contributed by atoms with E-state index in [0.717, 1.165) is 23.4 Å². The minimum absolute atomic E-state index is 0.0645. The summed E-state index contributed by atoms with van der Waals surface area (Å²) in [5.41, 5.74) is 7.15. The molecule has 2 N–H and O–H groups in total. The van der Waals surface area contributed by atoms with Crippen LogP contribution in [-0.4, -0.2) is 27.3 Å². The van der Waals surface area contributed by atoms with Crippen LogP contribution < -0.4 is 10.7 Å². The third-order valence-corrected chi connectivity index (χ3v) is 5.02. The number of hydrogen-bond acceptors (Lipinski definition) is 4. The largest absolute Gasteiger partial charge is 0.324 e. The molecule has 0 bridgehead atoms. The van der Waals surface area contributed by atoms with Crippen molar-refractivity contribution in [1.29, 1.82) is 0 Å². The summed E-state index contributed by atoms with van der Waals surface area (Å²) in [5.74, 6) is 0.379. The van der Waals surface area contributed by atoms with Crippen LogP contribution >= 0.6 is 0 Å². The van der Waals surface area contributed by atoms with E-state index >= 15 is 0 Å². The van der Waals surface area contributed by atoms with Gasteiger partial charge < -0.3 is 5.32 Å². The lowest BCUT2D eigenvalue weighted by Crippen LogP contribution is -2.31. The molecule has 144 valence electrons. The number of nitrogens with zero attached hydrogens (tertiary/aromatic N) is 3. The minimum Gasteiger partial charge on any atom is -0.324 e.